The van der Waals surface area contributed by atoms with Crippen LogP contribution in [0.4, 0.5) is 5.69 Å². The number of halogens is 1. The summed E-state index contributed by atoms with van der Waals surface area (Å²) in [5, 5.41) is 5.55. The van der Waals surface area contributed by atoms with E-state index in [1.54, 1.807) is 7.11 Å². The zero-order valence-corrected chi connectivity index (χ0v) is 18.7. The van der Waals surface area contributed by atoms with Crippen molar-refractivity contribution in [2.24, 2.45) is 0 Å². The Morgan fingerprint density at radius 3 is 2.59 bits per heavy atom. The fourth-order valence-corrected chi connectivity index (χ4v) is 4.49. The van der Waals surface area contributed by atoms with Gasteiger partial charge in [-0.3, -0.25) is 0 Å². The minimum Gasteiger partial charge on any atom is -0.496 e. The zero-order chi connectivity index (χ0) is 20.5. The lowest BCUT2D eigenvalue weighted by molar-refractivity contribution is 0.406. The second kappa shape index (κ2) is 8.28. The topological polar surface area (TPSA) is 43.2 Å². The summed E-state index contributed by atoms with van der Waals surface area (Å²) < 4.78 is 7.68. The van der Waals surface area contributed by atoms with Crippen LogP contribution in [0.25, 0.3) is 11.4 Å². The molecule has 1 unspecified atom stereocenters. The van der Waals surface area contributed by atoms with Gasteiger partial charge in [0, 0.05) is 48.3 Å². The van der Waals surface area contributed by atoms with E-state index in [1.165, 1.54) is 0 Å². The monoisotopic (exact) mass is 428 g/mol. The molecule has 4 rings (SSSR count). The summed E-state index contributed by atoms with van der Waals surface area (Å²) in [5.41, 5.74) is 3.02. The maximum Gasteiger partial charge on any atom is 0.182 e. The van der Waals surface area contributed by atoms with Gasteiger partial charge in [0.15, 0.2) is 5.82 Å². The molecule has 0 spiro atoms. The molecule has 0 saturated carbocycles. The molecule has 0 N–H and O–H groups in total. The predicted molar refractivity (Wildman–Crippen MR) is 122 cm³/mol. The third-order valence-electron chi connectivity index (χ3n) is 5.33. The number of benzene rings is 2. The summed E-state index contributed by atoms with van der Waals surface area (Å²) in [4.78, 5) is 6.99. The van der Waals surface area contributed by atoms with Crippen molar-refractivity contribution in [2.45, 2.75) is 18.9 Å². The van der Waals surface area contributed by atoms with Crippen LogP contribution in [0.3, 0.4) is 0 Å². The van der Waals surface area contributed by atoms with Crippen molar-refractivity contribution in [3.05, 3.63) is 58.9 Å². The molecule has 0 radical (unpaired) electrons. The third-order valence-corrected chi connectivity index (χ3v) is 6.88. The first-order valence-corrected chi connectivity index (χ1v) is 11.2. The first-order chi connectivity index (χ1) is 14.0. The summed E-state index contributed by atoms with van der Waals surface area (Å²) >= 11 is 8.53. The number of thioether (sulfide) groups is 1. The predicted octanol–water partition coefficient (Wildman–Crippen LogP) is 5.11. The molecule has 1 aliphatic rings. The highest BCUT2D eigenvalue weighted by Crippen LogP contribution is 2.37. The van der Waals surface area contributed by atoms with E-state index in [1.807, 2.05) is 67.2 Å². The van der Waals surface area contributed by atoms with Crippen LogP contribution in [0.15, 0.2) is 42.5 Å². The smallest absolute Gasteiger partial charge is 0.182 e. The lowest BCUT2D eigenvalue weighted by Crippen LogP contribution is -2.26. The van der Waals surface area contributed by atoms with Gasteiger partial charge in [0.1, 0.15) is 11.6 Å². The van der Waals surface area contributed by atoms with Crippen molar-refractivity contribution in [2.75, 3.05) is 37.6 Å². The van der Waals surface area contributed by atoms with Gasteiger partial charge >= 0.3 is 0 Å². The maximum absolute atomic E-state index is 6.60. The minimum absolute atomic E-state index is 0.0535. The van der Waals surface area contributed by atoms with Crippen LogP contribution in [0.1, 0.15) is 30.3 Å². The van der Waals surface area contributed by atoms with Crippen LogP contribution in [0.5, 0.6) is 5.75 Å². The van der Waals surface area contributed by atoms with Gasteiger partial charge < -0.3 is 9.64 Å². The number of para-hydroxylation sites is 1. The van der Waals surface area contributed by atoms with Crippen molar-refractivity contribution >= 4 is 29.1 Å². The third kappa shape index (κ3) is 3.83. The summed E-state index contributed by atoms with van der Waals surface area (Å²) in [6.07, 6.45) is 0. The number of anilines is 1. The first-order valence-electron chi connectivity index (χ1n) is 9.64. The van der Waals surface area contributed by atoms with Gasteiger partial charge in [-0.05, 0) is 24.3 Å². The number of rotatable bonds is 6. The zero-order valence-electron chi connectivity index (χ0n) is 17.1. The van der Waals surface area contributed by atoms with Crippen LogP contribution in [0, 0.1) is 0 Å². The Hall–Kier alpha value is -2.18. The summed E-state index contributed by atoms with van der Waals surface area (Å²) in [6.45, 7) is 2.16. The van der Waals surface area contributed by atoms with Gasteiger partial charge in [-0.1, -0.05) is 36.7 Å². The van der Waals surface area contributed by atoms with E-state index in [0.29, 0.717) is 16.9 Å². The molecule has 1 fully saturated rings. The average molecular weight is 429 g/mol. The molecular weight excluding hydrogens is 404 g/mol. The van der Waals surface area contributed by atoms with Crippen LogP contribution < -0.4 is 9.64 Å². The molecule has 29 heavy (non-hydrogen) atoms. The normalized spacial score (nSPS) is 15.1. The molecule has 1 atom stereocenters. The number of ether oxygens (including phenoxy) is 1. The van der Waals surface area contributed by atoms with Gasteiger partial charge in [0.25, 0.3) is 0 Å². The van der Waals surface area contributed by atoms with Crippen LogP contribution >= 0.6 is 23.4 Å². The van der Waals surface area contributed by atoms with Gasteiger partial charge in [0.2, 0.25) is 0 Å². The van der Waals surface area contributed by atoms with Crippen molar-refractivity contribution in [3.63, 3.8) is 0 Å². The highest BCUT2D eigenvalue weighted by atomic mass is 35.5. The van der Waals surface area contributed by atoms with Gasteiger partial charge in [-0.25, -0.2) is 9.67 Å². The SMILES string of the molecule is COc1ccccc1C(C)c1nc(-c2ccc(N(C)C)cc2Cl)nn1C1CSC1. The summed E-state index contributed by atoms with van der Waals surface area (Å²) in [7, 11) is 5.70. The van der Waals surface area contributed by atoms with Crippen molar-refractivity contribution < 1.29 is 4.74 Å². The number of hydrogen-bond donors (Lipinski definition) is 0. The maximum atomic E-state index is 6.60. The van der Waals surface area contributed by atoms with Crippen molar-refractivity contribution in [3.8, 4) is 17.1 Å². The molecule has 0 aliphatic carbocycles. The van der Waals surface area contributed by atoms with E-state index in [9.17, 15) is 0 Å². The van der Waals surface area contributed by atoms with E-state index >= 15 is 0 Å². The molecule has 1 aromatic heterocycles. The van der Waals surface area contributed by atoms with E-state index in [4.69, 9.17) is 26.4 Å². The summed E-state index contributed by atoms with van der Waals surface area (Å²) in [6, 6.07) is 14.5. The second-order valence-electron chi connectivity index (χ2n) is 7.45. The quantitative estimate of drug-likeness (QED) is 0.545. The molecule has 5 nitrogen and oxygen atoms in total. The van der Waals surface area contributed by atoms with Crippen molar-refractivity contribution in [1.29, 1.82) is 0 Å². The highest BCUT2D eigenvalue weighted by Gasteiger charge is 2.29. The highest BCUT2D eigenvalue weighted by molar-refractivity contribution is 8.00. The Labute approximate surface area is 181 Å². The van der Waals surface area contributed by atoms with Crippen molar-refractivity contribution in [1.82, 2.24) is 14.8 Å². The number of methoxy groups -OCH3 is 1. The number of hydrogen-bond acceptors (Lipinski definition) is 5. The molecule has 3 aromatic rings. The Morgan fingerprint density at radius 2 is 1.97 bits per heavy atom. The Bertz CT molecular complexity index is 1020. The molecule has 7 heteroatoms. The van der Waals surface area contributed by atoms with E-state index in [2.05, 4.69) is 17.7 Å². The molecule has 2 heterocycles. The molecule has 0 amide bonds. The lowest BCUT2D eigenvalue weighted by atomic mass is 9.99. The first kappa shape index (κ1) is 20.1. The molecule has 152 valence electrons. The lowest BCUT2D eigenvalue weighted by Gasteiger charge is -2.27. The Morgan fingerprint density at radius 1 is 1.21 bits per heavy atom. The fraction of sp³-hybridized carbons (Fsp3) is 0.364. The van der Waals surface area contributed by atoms with Gasteiger partial charge in [-0.2, -0.15) is 16.9 Å². The van der Waals surface area contributed by atoms with Gasteiger partial charge in [-0.15, -0.1) is 0 Å². The van der Waals surface area contributed by atoms with Crippen LogP contribution in [0.2, 0.25) is 5.02 Å². The molecule has 1 aliphatic heterocycles. The van der Waals surface area contributed by atoms with E-state index in [-0.39, 0.29) is 5.92 Å². The summed E-state index contributed by atoms with van der Waals surface area (Å²) in [5.74, 6) is 4.66. The number of aromatic nitrogens is 3. The Kier molecular flexibility index (Phi) is 5.74. The van der Waals surface area contributed by atoms with Gasteiger partial charge in [0.05, 0.1) is 18.2 Å². The van der Waals surface area contributed by atoms with Crippen LogP contribution in [-0.4, -0.2) is 47.5 Å². The molecule has 2 aromatic carbocycles. The van der Waals surface area contributed by atoms with Crippen LogP contribution in [-0.2, 0) is 0 Å². The average Bonchev–Trinajstić information content (AvgIpc) is 3.10. The van der Waals surface area contributed by atoms with E-state index < -0.39 is 0 Å². The standard InChI is InChI=1S/C22H25ClN4OS/c1-14(17-7-5-6-8-20(17)28-4)22-24-21(25-27(22)16-12-29-13-16)18-10-9-15(26(2)3)11-19(18)23/h5-11,14,16H,12-13H2,1-4H3. The Balaban J connectivity index is 1.78. The fourth-order valence-electron chi connectivity index (χ4n) is 3.50. The molecular formula is C22H25ClN4OS. The largest absolute Gasteiger partial charge is 0.496 e. The number of nitrogens with zero attached hydrogens (tertiary/aromatic N) is 4. The minimum atomic E-state index is 0.0535. The molecule has 0 bridgehead atoms. The molecule has 1 saturated heterocycles. The van der Waals surface area contributed by atoms with E-state index in [0.717, 1.165) is 39.9 Å². The second-order valence-corrected chi connectivity index (χ2v) is 8.93.